The van der Waals surface area contributed by atoms with Crippen LogP contribution >= 0.6 is 11.3 Å². The van der Waals surface area contributed by atoms with Crippen molar-refractivity contribution in [2.75, 3.05) is 50.4 Å². The van der Waals surface area contributed by atoms with Gasteiger partial charge >= 0.3 is 0 Å². The number of anilines is 3. The Morgan fingerprint density at radius 1 is 1.19 bits per heavy atom. The molecule has 114 valence electrons. The maximum atomic E-state index is 5.35. The number of hydrogen-bond donors (Lipinski definition) is 1. The molecule has 0 aliphatic carbocycles. The fraction of sp³-hybridized carbons (Fsp3) is 0.400. The number of nitrogens with one attached hydrogen (secondary N) is 1. The fourth-order valence-electron chi connectivity index (χ4n) is 1.86. The molecule has 0 atom stereocenters. The molecule has 0 fully saturated rings. The van der Waals surface area contributed by atoms with Gasteiger partial charge in [-0.3, -0.25) is 0 Å². The zero-order valence-corrected chi connectivity index (χ0v) is 14.0. The van der Waals surface area contributed by atoms with Gasteiger partial charge in [0.1, 0.15) is 0 Å². The minimum Gasteiger partial charge on any atom is -0.480 e. The van der Waals surface area contributed by atoms with E-state index in [1.54, 1.807) is 18.4 Å². The van der Waals surface area contributed by atoms with Gasteiger partial charge in [-0.15, -0.1) is 0 Å². The van der Waals surface area contributed by atoms with Crippen LogP contribution in [0.5, 0.6) is 5.88 Å². The molecule has 1 heterocycles. The molecule has 21 heavy (non-hydrogen) atoms. The van der Waals surface area contributed by atoms with E-state index in [2.05, 4.69) is 33.4 Å². The van der Waals surface area contributed by atoms with Gasteiger partial charge in [0.25, 0.3) is 0 Å². The van der Waals surface area contributed by atoms with Crippen LogP contribution in [0.4, 0.5) is 16.5 Å². The number of ether oxygens (including phenoxy) is 1. The summed E-state index contributed by atoms with van der Waals surface area (Å²) in [4.78, 5) is 9.63. The van der Waals surface area contributed by atoms with E-state index in [4.69, 9.17) is 4.74 Å². The molecule has 1 N–H and O–H groups in total. The van der Waals surface area contributed by atoms with Crippen molar-refractivity contribution >= 4 is 27.8 Å². The van der Waals surface area contributed by atoms with Gasteiger partial charge in [-0.2, -0.15) is 4.98 Å². The molecule has 1 aromatic carbocycles. The van der Waals surface area contributed by atoms with Crippen LogP contribution in [0.3, 0.4) is 0 Å². The monoisotopic (exact) mass is 306 g/mol. The lowest BCUT2D eigenvalue weighted by molar-refractivity contribution is 0.397. The van der Waals surface area contributed by atoms with Gasteiger partial charge in [0, 0.05) is 39.6 Å². The predicted molar refractivity (Wildman–Crippen MR) is 91.1 cm³/mol. The summed E-state index contributed by atoms with van der Waals surface area (Å²) in [6.07, 6.45) is 0. The normalized spacial score (nSPS) is 10.3. The number of hydrogen-bond acceptors (Lipinski definition) is 6. The number of nitrogens with zero attached hydrogens (tertiary/aromatic N) is 3. The lowest BCUT2D eigenvalue weighted by Gasteiger charge is -2.14. The first-order valence-corrected chi connectivity index (χ1v) is 7.55. The summed E-state index contributed by atoms with van der Waals surface area (Å²) in [5.41, 5.74) is 2.26. The Kier molecular flexibility index (Phi) is 4.90. The van der Waals surface area contributed by atoms with E-state index in [1.807, 2.05) is 39.2 Å². The Labute approximate surface area is 130 Å². The van der Waals surface area contributed by atoms with Crippen molar-refractivity contribution in [3.8, 4) is 5.88 Å². The Balaban J connectivity index is 2.10. The number of methoxy groups -OCH3 is 1. The zero-order valence-electron chi connectivity index (χ0n) is 13.2. The average molecular weight is 306 g/mol. The van der Waals surface area contributed by atoms with Gasteiger partial charge in [0.2, 0.25) is 5.88 Å². The van der Waals surface area contributed by atoms with Crippen molar-refractivity contribution in [2.45, 2.75) is 6.54 Å². The summed E-state index contributed by atoms with van der Waals surface area (Å²) in [6, 6.07) is 8.32. The molecule has 2 rings (SSSR count). The minimum atomic E-state index is 0.694. The molecule has 0 unspecified atom stereocenters. The maximum absolute atomic E-state index is 5.35. The molecule has 1 aromatic heterocycles. The van der Waals surface area contributed by atoms with Gasteiger partial charge in [-0.1, -0.05) is 17.4 Å². The van der Waals surface area contributed by atoms with Crippen LogP contribution in [0.1, 0.15) is 4.88 Å². The molecule has 0 radical (unpaired) electrons. The van der Waals surface area contributed by atoms with E-state index in [-0.39, 0.29) is 0 Å². The third kappa shape index (κ3) is 3.78. The smallest absolute Gasteiger partial charge is 0.231 e. The highest BCUT2D eigenvalue weighted by molar-refractivity contribution is 7.15. The Hall–Kier alpha value is -1.95. The molecule has 0 saturated heterocycles. The van der Waals surface area contributed by atoms with Crippen molar-refractivity contribution in [3.63, 3.8) is 0 Å². The quantitative estimate of drug-likeness (QED) is 0.888. The molecule has 0 bridgehead atoms. The summed E-state index contributed by atoms with van der Waals surface area (Å²) >= 11 is 1.64. The molecule has 2 aromatic rings. The van der Waals surface area contributed by atoms with Gasteiger partial charge in [-0.25, -0.2) is 0 Å². The second-order valence-electron chi connectivity index (χ2n) is 5.12. The lowest BCUT2D eigenvalue weighted by atomic mass is 10.2. The van der Waals surface area contributed by atoms with Crippen LogP contribution in [0, 0.1) is 0 Å². The van der Waals surface area contributed by atoms with Crippen LogP contribution in [0.2, 0.25) is 0 Å². The SMILES string of the molecule is COc1nc(N(C)C)sc1CNc1cccc(N(C)C)c1. The summed E-state index contributed by atoms with van der Waals surface area (Å²) < 4.78 is 5.35. The molecule has 0 aliphatic heterocycles. The molecule has 0 spiro atoms. The molecular formula is C15H22N4OS. The van der Waals surface area contributed by atoms with E-state index in [0.29, 0.717) is 12.4 Å². The molecular weight excluding hydrogens is 284 g/mol. The maximum Gasteiger partial charge on any atom is 0.231 e. The van der Waals surface area contributed by atoms with Gasteiger partial charge in [0.15, 0.2) is 5.13 Å². The lowest BCUT2D eigenvalue weighted by Crippen LogP contribution is -2.09. The van der Waals surface area contributed by atoms with Crippen molar-refractivity contribution in [2.24, 2.45) is 0 Å². The van der Waals surface area contributed by atoms with Gasteiger partial charge in [-0.05, 0) is 18.2 Å². The Morgan fingerprint density at radius 3 is 2.57 bits per heavy atom. The predicted octanol–water partition coefficient (Wildman–Crippen LogP) is 2.90. The van der Waals surface area contributed by atoms with Crippen molar-refractivity contribution in [1.29, 1.82) is 0 Å². The first kappa shape index (κ1) is 15.4. The zero-order chi connectivity index (χ0) is 15.4. The Morgan fingerprint density at radius 2 is 1.95 bits per heavy atom. The highest BCUT2D eigenvalue weighted by atomic mass is 32.1. The van der Waals surface area contributed by atoms with E-state index in [0.717, 1.165) is 15.7 Å². The standard InChI is InChI=1S/C15H22N4OS/c1-18(2)12-8-6-7-11(9-12)16-10-13-14(20-5)17-15(21-13)19(3)4/h6-9,16H,10H2,1-5H3. The summed E-state index contributed by atoms with van der Waals surface area (Å²) in [5, 5.41) is 4.38. The third-order valence-electron chi connectivity index (χ3n) is 3.04. The van der Waals surface area contributed by atoms with Crippen molar-refractivity contribution in [3.05, 3.63) is 29.1 Å². The highest BCUT2D eigenvalue weighted by Gasteiger charge is 2.12. The fourth-order valence-corrected chi connectivity index (χ4v) is 2.76. The topological polar surface area (TPSA) is 40.6 Å². The number of benzene rings is 1. The molecule has 0 amide bonds. The average Bonchev–Trinajstić information content (AvgIpc) is 2.89. The largest absolute Gasteiger partial charge is 0.480 e. The second kappa shape index (κ2) is 6.67. The van der Waals surface area contributed by atoms with E-state index < -0.39 is 0 Å². The van der Waals surface area contributed by atoms with E-state index in [1.165, 1.54) is 5.69 Å². The Bertz CT molecular complexity index is 595. The number of thiazole rings is 1. The molecule has 0 aliphatic rings. The van der Waals surface area contributed by atoms with Gasteiger partial charge < -0.3 is 19.9 Å². The highest BCUT2D eigenvalue weighted by Crippen LogP contribution is 2.31. The van der Waals surface area contributed by atoms with Crippen LogP contribution in [-0.4, -0.2) is 40.3 Å². The second-order valence-corrected chi connectivity index (χ2v) is 6.18. The van der Waals surface area contributed by atoms with Crippen molar-refractivity contribution in [1.82, 2.24) is 4.98 Å². The van der Waals surface area contributed by atoms with Crippen LogP contribution in [0.15, 0.2) is 24.3 Å². The molecule has 5 nitrogen and oxygen atoms in total. The summed E-state index contributed by atoms with van der Waals surface area (Å²) in [5.74, 6) is 0.694. The molecule has 0 saturated carbocycles. The first-order chi connectivity index (χ1) is 10.0. The first-order valence-electron chi connectivity index (χ1n) is 6.73. The minimum absolute atomic E-state index is 0.694. The van der Waals surface area contributed by atoms with Gasteiger partial charge in [0.05, 0.1) is 18.5 Å². The third-order valence-corrected chi connectivity index (χ3v) is 4.25. The number of aromatic nitrogens is 1. The summed E-state index contributed by atoms with van der Waals surface area (Å²) in [6.45, 7) is 0.700. The summed E-state index contributed by atoms with van der Waals surface area (Å²) in [7, 11) is 9.69. The number of rotatable bonds is 6. The van der Waals surface area contributed by atoms with Crippen LogP contribution < -0.4 is 19.9 Å². The van der Waals surface area contributed by atoms with Crippen LogP contribution in [0.25, 0.3) is 0 Å². The van der Waals surface area contributed by atoms with E-state index >= 15 is 0 Å². The van der Waals surface area contributed by atoms with E-state index in [9.17, 15) is 0 Å². The molecule has 6 heteroatoms. The van der Waals surface area contributed by atoms with Crippen LogP contribution in [-0.2, 0) is 6.54 Å². The van der Waals surface area contributed by atoms with Crippen molar-refractivity contribution < 1.29 is 4.74 Å².